The minimum Gasteiger partial charge on any atom is -0.383 e. The Hall–Kier alpha value is -2.83. The molecule has 0 aliphatic carbocycles. The Morgan fingerprint density at radius 3 is 2.42 bits per heavy atom. The third-order valence-electron chi connectivity index (χ3n) is 4.37. The molecule has 0 unspecified atom stereocenters. The molecule has 0 amide bonds. The number of halogens is 3. The van der Waals surface area contributed by atoms with Gasteiger partial charge in [-0.05, 0) is 64.2 Å². The van der Waals surface area contributed by atoms with Gasteiger partial charge in [0, 0.05) is 23.5 Å². The lowest BCUT2D eigenvalue weighted by molar-refractivity contribution is -0.0883. The van der Waals surface area contributed by atoms with Crippen LogP contribution in [0.15, 0.2) is 65.4 Å². The van der Waals surface area contributed by atoms with Crippen LogP contribution in [0.4, 0.5) is 13.2 Å². The summed E-state index contributed by atoms with van der Waals surface area (Å²) in [7, 11) is 0. The first-order valence-corrected chi connectivity index (χ1v) is 10.3. The van der Waals surface area contributed by atoms with Crippen molar-refractivity contribution in [1.82, 2.24) is 9.78 Å². The summed E-state index contributed by atoms with van der Waals surface area (Å²) >= 11 is 0. The Balaban J connectivity index is 0.000000452. The van der Waals surface area contributed by atoms with Gasteiger partial charge in [0.1, 0.15) is 5.84 Å². The van der Waals surface area contributed by atoms with E-state index in [1.807, 2.05) is 17.7 Å². The number of hydrogen-bond donors (Lipinski definition) is 1. The summed E-state index contributed by atoms with van der Waals surface area (Å²) in [6.07, 6.45) is 4.94. The van der Waals surface area contributed by atoms with E-state index < -0.39 is 11.7 Å². The molecule has 0 saturated heterocycles. The molecule has 0 bridgehead atoms. The molecule has 0 spiro atoms. The minimum absolute atomic E-state index is 0.341. The van der Waals surface area contributed by atoms with Crippen molar-refractivity contribution in [3.63, 3.8) is 0 Å². The second-order valence-corrected chi connectivity index (χ2v) is 7.38. The van der Waals surface area contributed by atoms with E-state index in [-0.39, 0.29) is 0 Å². The van der Waals surface area contributed by atoms with Crippen molar-refractivity contribution in [2.45, 2.75) is 66.1 Å². The van der Waals surface area contributed by atoms with Crippen molar-refractivity contribution in [3.05, 3.63) is 71.8 Å². The topological polar surface area (TPSA) is 56.2 Å². The second-order valence-electron chi connectivity index (χ2n) is 7.38. The zero-order valence-corrected chi connectivity index (χ0v) is 18.9. The lowest BCUT2D eigenvalue weighted by Gasteiger charge is -2.11. The van der Waals surface area contributed by atoms with Gasteiger partial charge in [-0.25, -0.2) is 4.99 Å². The molecule has 2 heterocycles. The third kappa shape index (κ3) is 8.82. The molecule has 170 valence electrons. The summed E-state index contributed by atoms with van der Waals surface area (Å²) in [4.78, 5) is 3.88. The van der Waals surface area contributed by atoms with Crippen LogP contribution in [0.1, 0.15) is 58.3 Å². The van der Waals surface area contributed by atoms with E-state index >= 15 is 0 Å². The normalized spacial score (nSPS) is 15.4. The quantitative estimate of drug-likeness (QED) is 0.314. The van der Waals surface area contributed by atoms with E-state index in [0.717, 1.165) is 37.1 Å². The fourth-order valence-electron chi connectivity index (χ4n) is 2.89. The molecule has 0 saturated carbocycles. The predicted octanol–water partition coefficient (Wildman–Crippen LogP) is 6.53. The van der Waals surface area contributed by atoms with Gasteiger partial charge in [0.15, 0.2) is 0 Å². The molecule has 1 aromatic heterocycles. The van der Waals surface area contributed by atoms with Gasteiger partial charge in [-0.1, -0.05) is 38.3 Å². The fourth-order valence-corrected chi connectivity index (χ4v) is 2.89. The molecule has 1 aliphatic heterocycles. The number of aryl methyl sites for hydroxylation is 2. The smallest absolute Gasteiger partial charge is 0.383 e. The summed E-state index contributed by atoms with van der Waals surface area (Å²) in [6, 6.07) is 1.91. The van der Waals surface area contributed by atoms with Crippen LogP contribution in [0, 0.1) is 0 Å². The summed E-state index contributed by atoms with van der Waals surface area (Å²) < 4.78 is 41.2. The number of nitrogens with two attached hydrogens (primary N) is 1. The molecule has 31 heavy (non-hydrogen) atoms. The molecule has 0 radical (unpaired) electrons. The van der Waals surface area contributed by atoms with Crippen LogP contribution in [0.5, 0.6) is 0 Å². The van der Waals surface area contributed by atoms with E-state index in [9.17, 15) is 13.2 Å². The molecule has 0 fully saturated rings. The largest absolute Gasteiger partial charge is 0.416 e. The van der Waals surface area contributed by atoms with Crippen LogP contribution < -0.4 is 5.73 Å². The summed E-state index contributed by atoms with van der Waals surface area (Å²) in [5, 5.41) is 4.47. The monoisotopic (exact) mass is 434 g/mol. The van der Waals surface area contributed by atoms with Crippen LogP contribution >= 0.6 is 0 Å². The highest BCUT2D eigenvalue weighted by atomic mass is 19.4. The van der Waals surface area contributed by atoms with Gasteiger partial charge in [-0.3, -0.25) is 4.68 Å². The first-order valence-electron chi connectivity index (χ1n) is 10.3. The highest BCUT2D eigenvalue weighted by Gasteiger charge is 2.32. The highest BCUT2D eigenvalue weighted by Crippen LogP contribution is 2.30. The number of aliphatic imine (C=N–C) groups is 1. The minimum atomic E-state index is -4.35. The fraction of sp³-hybridized carbons (Fsp3) is 0.417. The number of aromatic nitrogens is 2. The molecular weight excluding hydrogens is 401 g/mol. The Kier molecular flexibility index (Phi) is 10.3. The van der Waals surface area contributed by atoms with Gasteiger partial charge in [-0.2, -0.15) is 18.3 Å². The zero-order chi connectivity index (χ0) is 23.6. The Morgan fingerprint density at radius 1 is 1.29 bits per heavy atom. The van der Waals surface area contributed by atoms with Crippen molar-refractivity contribution < 1.29 is 13.2 Å². The Labute approximate surface area is 183 Å². The number of hydrogen-bond acceptors (Lipinski definition) is 2. The first kappa shape index (κ1) is 26.2. The molecule has 0 atom stereocenters. The second kappa shape index (κ2) is 12.1. The average Bonchev–Trinajstić information content (AvgIpc) is 3.10. The zero-order valence-electron chi connectivity index (χ0n) is 18.9. The predicted molar refractivity (Wildman–Crippen MR) is 124 cm³/mol. The number of amidine groups is 1. The SMILES string of the molecule is C=C(C)N=C(N)C(=C)C.C\C=C/C(=C\C(=C\CC)C(F)(F)F)c1cc2n(n1)CCCC2. The van der Waals surface area contributed by atoms with Gasteiger partial charge in [0.25, 0.3) is 0 Å². The lowest BCUT2D eigenvalue weighted by atomic mass is 10.0. The van der Waals surface area contributed by atoms with Crippen LogP contribution in [0.2, 0.25) is 0 Å². The first-order chi connectivity index (χ1) is 14.5. The van der Waals surface area contributed by atoms with E-state index in [1.54, 1.807) is 32.9 Å². The molecular formula is C24H33F3N4. The van der Waals surface area contributed by atoms with Gasteiger partial charge in [-0.15, -0.1) is 0 Å². The molecule has 0 aromatic carbocycles. The van der Waals surface area contributed by atoms with Gasteiger partial charge in [0.2, 0.25) is 0 Å². The van der Waals surface area contributed by atoms with Crippen molar-refractivity contribution in [1.29, 1.82) is 0 Å². The Morgan fingerprint density at radius 2 is 1.97 bits per heavy atom. The van der Waals surface area contributed by atoms with E-state index in [2.05, 4.69) is 23.2 Å². The summed E-state index contributed by atoms with van der Waals surface area (Å²) in [5.74, 6) is 0.461. The average molecular weight is 435 g/mol. The lowest BCUT2D eigenvalue weighted by Crippen LogP contribution is -2.11. The number of nitrogens with zero attached hydrogens (tertiary/aromatic N) is 3. The van der Waals surface area contributed by atoms with E-state index in [0.29, 0.717) is 29.2 Å². The number of allylic oxidation sites excluding steroid dienone is 7. The number of alkyl halides is 3. The molecule has 1 aliphatic rings. The maximum absolute atomic E-state index is 13.1. The summed E-state index contributed by atoms with van der Waals surface area (Å²) in [6.45, 7) is 15.1. The molecule has 2 rings (SSSR count). The van der Waals surface area contributed by atoms with Gasteiger partial charge in [0.05, 0.1) is 11.3 Å². The van der Waals surface area contributed by atoms with Crippen molar-refractivity contribution in [3.8, 4) is 0 Å². The molecule has 7 heteroatoms. The van der Waals surface area contributed by atoms with Crippen LogP contribution in [0.3, 0.4) is 0 Å². The van der Waals surface area contributed by atoms with Crippen molar-refractivity contribution in [2.75, 3.05) is 0 Å². The van der Waals surface area contributed by atoms with Crippen molar-refractivity contribution in [2.24, 2.45) is 10.7 Å². The van der Waals surface area contributed by atoms with Gasteiger partial charge < -0.3 is 5.73 Å². The maximum Gasteiger partial charge on any atom is 0.416 e. The summed E-state index contributed by atoms with van der Waals surface area (Å²) in [5.41, 5.74) is 8.49. The van der Waals surface area contributed by atoms with Crippen LogP contribution in [-0.4, -0.2) is 21.8 Å². The van der Waals surface area contributed by atoms with Crippen LogP contribution in [0.25, 0.3) is 5.57 Å². The van der Waals surface area contributed by atoms with E-state index in [4.69, 9.17) is 5.73 Å². The van der Waals surface area contributed by atoms with Gasteiger partial charge >= 0.3 is 6.18 Å². The van der Waals surface area contributed by atoms with Crippen molar-refractivity contribution >= 4 is 11.4 Å². The third-order valence-corrected chi connectivity index (χ3v) is 4.37. The Bertz CT molecular complexity index is 873. The van der Waals surface area contributed by atoms with E-state index in [1.165, 1.54) is 12.2 Å². The standard InChI is InChI=1S/C17H21F3N2.C7H12N2/c1-3-7-13(11-14(8-4-2)17(18,19)20)16-12-15-9-5-6-10-22(15)21-16;1-5(2)7(8)9-6(3)4/h3,7-8,11-12H,4-6,9-10H2,1-2H3;1,3H2,2,4H3,(H2,8,9)/b7-3-,13-11+,14-8-;. The highest BCUT2D eigenvalue weighted by molar-refractivity contribution is 5.96. The molecule has 2 N–H and O–H groups in total. The van der Waals surface area contributed by atoms with Crippen LogP contribution in [-0.2, 0) is 13.0 Å². The maximum atomic E-state index is 13.1. The molecule has 1 aromatic rings. The number of rotatable bonds is 6. The molecule has 4 nitrogen and oxygen atoms in total. The number of fused-ring (bicyclic) bond motifs is 1.